The molecule has 1 atom stereocenters. The maximum Gasteiger partial charge on any atom is 0.200 e. The number of anilines is 1. The quantitative estimate of drug-likeness (QED) is 0.361. The molecule has 0 saturated carbocycles. The number of ketones is 1. The maximum absolute atomic E-state index is 13.1. The van der Waals surface area contributed by atoms with Gasteiger partial charge >= 0.3 is 0 Å². The van der Waals surface area contributed by atoms with Crippen molar-refractivity contribution >= 4 is 57.2 Å². The van der Waals surface area contributed by atoms with E-state index in [0.717, 1.165) is 42.8 Å². The number of piperazine rings is 1. The van der Waals surface area contributed by atoms with Crippen LogP contribution in [0.3, 0.4) is 0 Å². The number of carbonyl (C=O) groups excluding carboxylic acids is 1. The number of fused-ring (bicyclic) bond motifs is 1. The third-order valence-electron chi connectivity index (χ3n) is 5.55. The minimum absolute atomic E-state index is 0.227. The van der Waals surface area contributed by atoms with E-state index in [1.807, 2.05) is 12.1 Å². The van der Waals surface area contributed by atoms with Gasteiger partial charge in [-0.15, -0.1) is 11.6 Å². The molecule has 31 heavy (non-hydrogen) atoms. The number of alkyl halides is 3. The predicted octanol–water partition coefficient (Wildman–Crippen LogP) is 5.16. The average molecular weight is 481 g/mol. The highest BCUT2D eigenvalue weighted by atomic mass is 35.5. The van der Waals surface area contributed by atoms with Crippen LogP contribution >= 0.6 is 34.8 Å². The molecule has 1 saturated heterocycles. The number of benzene rings is 2. The fourth-order valence-electron chi connectivity index (χ4n) is 3.79. The molecule has 0 spiro atoms. The number of halogens is 4. The molecule has 162 valence electrons. The van der Waals surface area contributed by atoms with Crippen molar-refractivity contribution in [3.8, 4) is 0 Å². The molecule has 1 fully saturated rings. The van der Waals surface area contributed by atoms with E-state index in [4.69, 9.17) is 34.8 Å². The van der Waals surface area contributed by atoms with Gasteiger partial charge in [-0.1, -0.05) is 41.4 Å². The minimum Gasteiger partial charge on any atom is -0.367 e. The van der Waals surface area contributed by atoms with Gasteiger partial charge in [-0.05, 0) is 36.4 Å². The first-order valence-corrected chi connectivity index (χ1v) is 11.2. The van der Waals surface area contributed by atoms with Gasteiger partial charge in [-0.2, -0.15) is 0 Å². The van der Waals surface area contributed by atoms with Gasteiger partial charge in [0.25, 0.3) is 0 Å². The number of rotatable bonds is 6. The molecule has 1 unspecified atom stereocenters. The van der Waals surface area contributed by atoms with Crippen LogP contribution in [0.2, 0.25) is 0 Å². The second kappa shape index (κ2) is 9.29. The summed E-state index contributed by atoms with van der Waals surface area (Å²) >= 11 is 19.2. The fourth-order valence-corrected chi connectivity index (χ4v) is 4.44. The number of pyridine rings is 1. The predicted molar refractivity (Wildman–Crippen MR) is 125 cm³/mol. The Balaban J connectivity index is 1.39. The Hall–Kier alpha value is -1.92. The second-order valence-corrected chi connectivity index (χ2v) is 9.48. The summed E-state index contributed by atoms with van der Waals surface area (Å²) in [4.78, 5) is 21.7. The topological polar surface area (TPSA) is 36.4 Å². The van der Waals surface area contributed by atoms with Crippen molar-refractivity contribution in [2.24, 2.45) is 0 Å². The first kappa shape index (κ1) is 22.3. The highest BCUT2D eigenvalue weighted by molar-refractivity contribution is 6.63. The van der Waals surface area contributed by atoms with Gasteiger partial charge in [0.15, 0.2) is 10.1 Å². The van der Waals surface area contributed by atoms with Gasteiger partial charge in [-0.25, -0.2) is 4.39 Å². The summed E-state index contributed by atoms with van der Waals surface area (Å²) in [6.45, 7) is 3.46. The summed E-state index contributed by atoms with van der Waals surface area (Å²) in [5, 5.41) is 0.288. The van der Waals surface area contributed by atoms with Crippen molar-refractivity contribution in [2.45, 2.75) is 9.71 Å². The van der Waals surface area contributed by atoms with E-state index in [2.05, 4.69) is 33.0 Å². The molecule has 4 rings (SSSR count). The highest BCUT2D eigenvalue weighted by Gasteiger charge is 2.42. The van der Waals surface area contributed by atoms with Crippen LogP contribution in [0.1, 0.15) is 10.4 Å². The van der Waals surface area contributed by atoms with E-state index in [-0.39, 0.29) is 5.56 Å². The maximum atomic E-state index is 13.1. The van der Waals surface area contributed by atoms with E-state index in [9.17, 15) is 9.18 Å². The van der Waals surface area contributed by atoms with E-state index in [1.54, 1.807) is 6.20 Å². The van der Waals surface area contributed by atoms with Crippen LogP contribution in [0.25, 0.3) is 10.9 Å². The largest absolute Gasteiger partial charge is 0.367 e. The van der Waals surface area contributed by atoms with Crippen LogP contribution in [-0.4, -0.2) is 58.1 Å². The summed E-state index contributed by atoms with van der Waals surface area (Å²) in [5.41, 5.74) is 2.32. The Morgan fingerprint density at radius 1 is 1.03 bits per heavy atom. The summed E-state index contributed by atoms with van der Waals surface area (Å²) in [7, 11) is 0. The van der Waals surface area contributed by atoms with Gasteiger partial charge < -0.3 is 4.90 Å². The Kier molecular flexibility index (Phi) is 6.68. The first-order valence-electron chi connectivity index (χ1n) is 9.99. The molecule has 0 radical (unpaired) electrons. The van der Waals surface area contributed by atoms with Crippen LogP contribution in [0, 0.1) is 5.82 Å². The molecule has 8 heteroatoms. The van der Waals surface area contributed by atoms with Gasteiger partial charge in [0.1, 0.15) is 5.82 Å². The molecule has 3 aromatic rings. The van der Waals surface area contributed by atoms with Crippen LogP contribution < -0.4 is 4.90 Å². The molecule has 0 N–H and O–H groups in total. The van der Waals surface area contributed by atoms with Crippen molar-refractivity contribution in [1.82, 2.24) is 9.88 Å². The Labute approximate surface area is 195 Å². The molecule has 0 aliphatic carbocycles. The summed E-state index contributed by atoms with van der Waals surface area (Å²) in [5.74, 6) is -0.968. The monoisotopic (exact) mass is 479 g/mol. The normalized spacial score (nSPS) is 16.5. The molecule has 2 aromatic carbocycles. The Bertz CT molecular complexity index is 1060. The standard InChI is InChI=1S/C23H21Cl3FN3O/c24-20(23(25,26)22(31)17-6-8-18(27)9-7-17)15-29-11-13-30(14-12-29)19-5-1-3-16-4-2-10-28-21(16)19/h1-10,20H,11-15H2. The van der Waals surface area contributed by atoms with Crippen molar-refractivity contribution in [3.05, 3.63) is 72.2 Å². The van der Waals surface area contributed by atoms with Crippen molar-refractivity contribution in [1.29, 1.82) is 0 Å². The molecule has 0 amide bonds. The van der Waals surface area contributed by atoms with Crippen molar-refractivity contribution < 1.29 is 9.18 Å². The van der Waals surface area contributed by atoms with E-state index >= 15 is 0 Å². The number of hydrogen-bond donors (Lipinski definition) is 0. The van der Waals surface area contributed by atoms with Gasteiger partial charge in [0.05, 0.1) is 16.6 Å². The smallest absolute Gasteiger partial charge is 0.200 e. The number of nitrogens with zero attached hydrogens (tertiary/aromatic N) is 3. The molecule has 0 bridgehead atoms. The zero-order valence-electron chi connectivity index (χ0n) is 16.6. The molecular formula is C23H21Cl3FN3O. The number of aromatic nitrogens is 1. The molecular weight excluding hydrogens is 460 g/mol. The van der Waals surface area contributed by atoms with Crippen LogP contribution in [-0.2, 0) is 0 Å². The lowest BCUT2D eigenvalue weighted by Crippen LogP contribution is -2.51. The SMILES string of the molecule is O=C(c1ccc(F)cc1)C(Cl)(Cl)C(Cl)CN1CCN(c2cccc3cccnc23)CC1. The van der Waals surface area contributed by atoms with E-state index < -0.39 is 21.3 Å². The first-order chi connectivity index (χ1) is 14.9. The van der Waals surface area contributed by atoms with Gasteiger partial charge in [-0.3, -0.25) is 14.7 Å². The number of hydrogen-bond acceptors (Lipinski definition) is 4. The Morgan fingerprint density at radius 2 is 1.71 bits per heavy atom. The molecule has 2 heterocycles. The lowest BCUT2D eigenvalue weighted by molar-refractivity contribution is 0.0964. The lowest BCUT2D eigenvalue weighted by Gasteiger charge is -2.38. The zero-order valence-corrected chi connectivity index (χ0v) is 18.9. The second-order valence-electron chi connectivity index (χ2n) is 7.57. The highest BCUT2D eigenvalue weighted by Crippen LogP contribution is 2.34. The third-order valence-corrected chi connectivity index (χ3v) is 7.10. The molecule has 4 nitrogen and oxygen atoms in total. The summed E-state index contributed by atoms with van der Waals surface area (Å²) in [6, 6.07) is 15.3. The third kappa shape index (κ3) is 4.80. The summed E-state index contributed by atoms with van der Waals surface area (Å²) in [6.07, 6.45) is 1.80. The summed E-state index contributed by atoms with van der Waals surface area (Å²) < 4.78 is 11.3. The van der Waals surface area contributed by atoms with Gasteiger partial charge in [0, 0.05) is 49.9 Å². The fraction of sp³-hybridized carbons (Fsp3) is 0.304. The Morgan fingerprint density at radius 3 is 2.42 bits per heavy atom. The number of carbonyl (C=O) groups is 1. The minimum atomic E-state index is -1.81. The van der Waals surface area contributed by atoms with Crippen LogP contribution in [0.4, 0.5) is 10.1 Å². The lowest BCUT2D eigenvalue weighted by atomic mass is 10.0. The molecule has 1 aromatic heterocycles. The van der Waals surface area contributed by atoms with E-state index in [1.165, 1.54) is 24.3 Å². The molecule has 1 aliphatic rings. The van der Waals surface area contributed by atoms with Crippen LogP contribution in [0.15, 0.2) is 60.8 Å². The van der Waals surface area contributed by atoms with Crippen molar-refractivity contribution in [3.63, 3.8) is 0 Å². The number of Topliss-reactive ketones (excluding diaryl/α,β-unsaturated/α-hetero) is 1. The van der Waals surface area contributed by atoms with E-state index in [0.29, 0.717) is 6.54 Å². The average Bonchev–Trinajstić information content (AvgIpc) is 2.79. The van der Waals surface area contributed by atoms with Crippen molar-refractivity contribution in [2.75, 3.05) is 37.6 Å². The molecule has 1 aliphatic heterocycles. The zero-order chi connectivity index (χ0) is 22.0. The van der Waals surface area contributed by atoms with Gasteiger partial charge in [0.2, 0.25) is 0 Å². The van der Waals surface area contributed by atoms with Crippen LogP contribution in [0.5, 0.6) is 0 Å². The number of para-hydroxylation sites is 1.